The number of allylic oxidation sites excluding steroid dienone is 3. The second kappa shape index (κ2) is 5.35. The van der Waals surface area contributed by atoms with Crippen LogP contribution in [-0.2, 0) is 0 Å². The van der Waals surface area contributed by atoms with E-state index in [1.54, 1.807) is 13.1 Å². The Labute approximate surface area is 74.4 Å². The van der Waals surface area contributed by atoms with E-state index >= 15 is 0 Å². The molecule has 0 saturated carbocycles. The molecule has 0 aliphatic heterocycles. The molecule has 0 aromatic rings. The van der Waals surface area contributed by atoms with Crippen molar-refractivity contribution in [2.24, 2.45) is 4.99 Å². The van der Waals surface area contributed by atoms with Gasteiger partial charge in [0.05, 0.1) is 0 Å². The van der Waals surface area contributed by atoms with Crippen LogP contribution in [0.2, 0.25) is 0 Å². The molecule has 0 spiro atoms. The zero-order chi connectivity index (χ0) is 9.56. The first-order valence-corrected chi connectivity index (χ1v) is 3.80. The molecule has 0 unspecified atom stereocenters. The minimum Gasteiger partial charge on any atom is -0.373 e. The Balaban J connectivity index is 4.70. The smallest absolute Gasteiger partial charge is 0.120 e. The van der Waals surface area contributed by atoms with Crippen molar-refractivity contribution in [3.8, 4) is 0 Å². The summed E-state index contributed by atoms with van der Waals surface area (Å²) in [7, 11) is 3.57. The highest BCUT2D eigenvalue weighted by Crippen LogP contribution is 2.06. The Hall–Kier alpha value is -1.31. The molecule has 0 aromatic heterocycles. The number of likely N-dealkylation sites (N-methyl/N-ethyl adjacent to an activating group) is 1. The topological polar surface area (TPSA) is 24.4 Å². The summed E-state index contributed by atoms with van der Waals surface area (Å²) < 4.78 is 0. The van der Waals surface area contributed by atoms with Gasteiger partial charge in [0.25, 0.3) is 0 Å². The highest BCUT2D eigenvalue weighted by atomic mass is 14.9. The van der Waals surface area contributed by atoms with Crippen LogP contribution in [0.25, 0.3) is 0 Å². The molecule has 2 nitrogen and oxygen atoms in total. The van der Waals surface area contributed by atoms with Gasteiger partial charge in [0, 0.05) is 14.1 Å². The molecule has 0 rings (SSSR count). The lowest BCUT2D eigenvalue weighted by Gasteiger charge is -2.02. The molecule has 0 aromatic carbocycles. The molecule has 0 amide bonds. The van der Waals surface area contributed by atoms with Crippen molar-refractivity contribution in [2.45, 2.75) is 6.92 Å². The number of nitrogens with one attached hydrogen (secondary N) is 1. The van der Waals surface area contributed by atoms with Crippen molar-refractivity contribution in [2.75, 3.05) is 14.1 Å². The average Bonchev–Trinajstić information content (AvgIpc) is 2.06. The summed E-state index contributed by atoms with van der Waals surface area (Å²) in [5.74, 6) is 0.827. The summed E-state index contributed by atoms with van der Waals surface area (Å²) in [5.41, 5.74) is 1.99. The van der Waals surface area contributed by atoms with E-state index in [4.69, 9.17) is 0 Å². The van der Waals surface area contributed by atoms with Gasteiger partial charge in [0.1, 0.15) is 5.84 Å². The lowest BCUT2D eigenvalue weighted by molar-refractivity contribution is 1.16. The van der Waals surface area contributed by atoms with Crippen molar-refractivity contribution < 1.29 is 0 Å². The normalized spacial score (nSPS) is 12.6. The highest BCUT2D eigenvalue weighted by Gasteiger charge is 1.94. The van der Waals surface area contributed by atoms with Gasteiger partial charge in [-0.2, -0.15) is 0 Å². The molecular weight excluding hydrogens is 148 g/mol. The van der Waals surface area contributed by atoms with Gasteiger partial charge >= 0.3 is 0 Å². The van der Waals surface area contributed by atoms with Gasteiger partial charge in [-0.15, -0.1) is 0 Å². The maximum Gasteiger partial charge on any atom is 0.120 e. The Morgan fingerprint density at radius 3 is 2.33 bits per heavy atom. The molecule has 0 fully saturated rings. The molecule has 0 saturated heterocycles. The Morgan fingerprint density at radius 1 is 1.50 bits per heavy atom. The summed E-state index contributed by atoms with van der Waals surface area (Å²) in [6.07, 6.45) is 3.68. The van der Waals surface area contributed by atoms with Gasteiger partial charge in [-0.3, -0.25) is 4.99 Å². The van der Waals surface area contributed by atoms with E-state index in [-0.39, 0.29) is 0 Å². The lowest BCUT2D eigenvalue weighted by Crippen LogP contribution is -2.15. The number of hydrogen-bond acceptors (Lipinski definition) is 1. The minimum atomic E-state index is 0.827. The lowest BCUT2D eigenvalue weighted by atomic mass is 10.1. The Kier molecular flexibility index (Phi) is 4.77. The summed E-state index contributed by atoms with van der Waals surface area (Å²) in [5, 5.41) is 2.96. The van der Waals surface area contributed by atoms with Crippen LogP contribution < -0.4 is 5.32 Å². The van der Waals surface area contributed by atoms with Crippen molar-refractivity contribution in [3.63, 3.8) is 0 Å². The Morgan fingerprint density at radius 2 is 2.08 bits per heavy atom. The third-order valence-electron chi connectivity index (χ3n) is 1.50. The van der Waals surface area contributed by atoms with Gasteiger partial charge in [-0.25, -0.2) is 0 Å². The molecule has 0 aliphatic carbocycles. The number of nitrogens with zero attached hydrogens (tertiary/aromatic N) is 1. The SMILES string of the molecule is C=C/C(=C/C(=NC)NC)C(=C)C. The van der Waals surface area contributed by atoms with E-state index in [2.05, 4.69) is 23.5 Å². The van der Waals surface area contributed by atoms with Crippen LogP contribution in [0.4, 0.5) is 0 Å². The van der Waals surface area contributed by atoms with Crippen LogP contribution in [0, 0.1) is 0 Å². The predicted molar refractivity (Wildman–Crippen MR) is 55.5 cm³/mol. The molecule has 0 bridgehead atoms. The maximum atomic E-state index is 4.02. The third-order valence-corrected chi connectivity index (χ3v) is 1.50. The molecule has 0 heterocycles. The van der Waals surface area contributed by atoms with Gasteiger partial charge in [-0.05, 0) is 18.6 Å². The highest BCUT2D eigenvalue weighted by molar-refractivity contribution is 5.94. The van der Waals surface area contributed by atoms with E-state index < -0.39 is 0 Å². The van der Waals surface area contributed by atoms with E-state index in [0.717, 1.165) is 17.0 Å². The molecule has 0 aliphatic rings. The number of hydrogen-bond donors (Lipinski definition) is 1. The van der Waals surface area contributed by atoms with Crippen LogP contribution in [-0.4, -0.2) is 19.9 Å². The quantitative estimate of drug-likeness (QED) is 0.384. The summed E-state index contributed by atoms with van der Waals surface area (Å²) in [4.78, 5) is 4.02. The largest absolute Gasteiger partial charge is 0.373 e. The summed E-state index contributed by atoms with van der Waals surface area (Å²) in [6.45, 7) is 9.46. The third kappa shape index (κ3) is 3.19. The molecule has 0 radical (unpaired) electrons. The predicted octanol–water partition coefficient (Wildman–Crippen LogP) is 1.92. The van der Waals surface area contributed by atoms with Gasteiger partial charge in [0.15, 0.2) is 0 Å². The molecule has 2 heteroatoms. The standard InChI is InChI=1S/C10H16N2/c1-6-9(8(2)3)7-10(11-4)12-5/h6-7H,1-2H2,3-5H3,(H,11,12)/b9-7-. The van der Waals surface area contributed by atoms with Crippen molar-refractivity contribution in [1.29, 1.82) is 0 Å². The first-order valence-electron chi connectivity index (χ1n) is 3.80. The van der Waals surface area contributed by atoms with Crippen LogP contribution in [0.5, 0.6) is 0 Å². The van der Waals surface area contributed by atoms with E-state index in [9.17, 15) is 0 Å². The monoisotopic (exact) mass is 164 g/mol. The molecule has 66 valence electrons. The van der Waals surface area contributed by atoms with E-state index in [0.29, 0.717) is 0 Å². The molecule has 0 atom stereocenters. The fraction of sp³-hybridized carbons (Fsp3) is 0.300. The summed E-state index contributed by atoms with van der Waals surface area (Å²) >= 11 is 0. The average molecular weight is 164 g/mol. The van der Waals surface area contributed by atoms with E-state index in [1.807, 2.05) is 20.0 Å². The maximum absolute atomic E-state index is 4.02. The second-order valence-corrected chi connectivity index (χ2v) is 2.44. The van der Waals surface area contributed by atoms with Gasteiger partial charge in [0.2, 0.25) is 0 Å². The fourth-order valence-electron chi connectivity index (χ4n) is 0.752. The van der Waals surface area contributed by atoms with Gasteiger partial charge < -0.3 is 5.32 Å². The van der Waals surface area contributed by atoms with Crippen LogP contribution in [0.15, 0.2) is 41.4 Å². The molecule has 12 heavy (non-hydrogen) atoms. The van der Waals surface area contributed by atoms with E-state index in [1.165, 1.54) is 0 Å². The van der Waals surface area contributed by atoms with Crippen molar-refractivity contribution in [3.05, 3.63) is 36.5 Å². The van der Waals surface area contributed by atoms with Crippen LogP contribution >= 0.6 is 0 Å². The minimum absolute atomic E-state index is 0.827. The first-order chi connectivity index (χ1) is 5.65. The molecule has 1 N–H and O–H groups in total. The van der Waals surface area contributed by atoms with Crippen molar-refractivity contribution in [1.82, 2.24) is 5.32 Å². The summed E-state index contributed by atoms with van der Waals surface area (Å²) in [6, 6.07) is 0. The Bertz CT molecular complexity index is 234. The number of rotatable bonds is 3. The fourth-order valence-corrected chi connectivity index (χ4v) is 0.752. The van der Waals surface area contributed by atoms with Crippen LogP contribution in [0.1, 0.15) is 6.92 Å². The first kappa shape index (κ1) is 10.7. The zero-order valence-corrected chi connectivity index (χ0v) is 8.02. The van der Waals surface area contributed by atoms with Crippen LogP contribution in [0.3, 0.4) is 0 Å². The number of aliphatic imine (C=N–C) groups is 1. The van der Waals surface area contributed by atoms with Gasteiger partial charge in [-0.1, -0.05) is 24.8 Å². The zero-order valence-electron chi connectivity index (χ0n) is 8.02. The molecular formula is C10H16N2. The van der Waals surface area contributed by atoms with Crippen molar-refractivity contribution >= 4 is 5.84 Å². The number of amidine groups is 1. The second-order valence-electron chi connectivity index (χ2n) is 2.44.